The fourth-order valence-electron chi connectivity index (χ4n) is 5.14. The lowest BCUT2D eigenvalue weighted by Gasteiger charge is -2.29. The standard InChI is InChI=1S/C30H38N2O/c1-3-5-7-8-20-33-26-16-14-25(15-17-26)28-19-18-27(29(21-31)30(28)22-32)24-12-10-23(11-13-24)9-6-4-2/h14-19,23-24H,3-13,20H2,1-2H3/t23-,24-. The molecule has 3 nitrogen and oxygen atoms in total. The molecule has 0 spiro atoms. The summed E-state index contributed by atoms with van der Waals surface area (Å²) >= 11 is 0. The zero-order valence-electron chi connectivity index (χ0n) is 20.4. The van der Waals surface area contributed by atoms with Gasteiger partial charge in [0.1, 0.15) is 17.9 Å². The van der Waals surface area contributed by atoms with Gasteiger partial charge in [0, 0.05) is 5.56 Å². The molecule has 1 aliphatic carbocycles. The maximum Gasteiger partial charge on any atom is 0.119 e. The van der Waals surface area contributed by atoms with Crippen LogP contribution in [-0.2, 0) is 0 Å². The van der Waals surface area contributed by atoms with E-state index in [0.29, 0.717) is 17.0 Å². The van der Waals surface area contributed by atoms with Crippen LogP contribution in [0.1, 0.15) is 107 Å². The highest BCUT2D eigenvalue weighted by atomic mass is 16.5. The Morgan fingerprint density at radius 1 is 0.788 bits per heavy atom. The highest BCUT2D eigenvalue weighted by Gasteiger charge is 2.26. The lowest BCUT2D eigenvalue weighted by atomic mass is 9.75. The number of unbranched alkanes of at least 4 members (excludes halogenated alkanes) is 4. The lowest BCUT2D eigenvalue weighted by Crippen LogP contribution is -2.15. The molecule has 2 aromatic carbocycles. The SMILES string of the molecule is CCCCCCOc1ccc(-c2ccc([C@H]3CC[C@H](CCCC)CC3)c(C#N)c2C#N)cc1. The number of benzene rings is 2. The molecule has 2 aromatic rings. The van der Waals surface area contributed by atoms with E-state index in [1.807, 2.05) is 30.3 Å². The van der Waals surface area contributed by atoms with E-state index in [4.69, 9.17) is 4.74 Å². The summed E-state index contributed by atoms with van der Waals surface area (Å²) in [6.07, 6.45) is 13.4. The van der Waals surface area contributed by atoms with Crippen LogP contribution in [0.3, 0.4) is 0 Å². The lowest BCUT2D eigenvalue weighted by molar-refractivity contribution is 0.304. The van der Waals surface area contributed by atoms with Crippen LogP contribution in [0.4, 0.5) is 0 Å². The molecule has 174 valence electrons. The topological polar surface area (TPSA) is 56.8 Å². The van der Waals surface area contributed by atoms with Crippen molar-refractivity contribution in [2.45, 2.75) is 90.4 Å². The molecule has 0 unspecified atom stereocenters. The van der Waals surface area contributed by atoms with Crippen LogP contribution in [0.2, 0.25) is 0 Å². The second kappa shape index (κ2) is 13.1. The summed E-state index contributed by atoms with van der Waals surface area (Å²) in [5.74, 6) is 2.07. The fraction of sp³-hybridized carbons (Fsp3) is 0.533. The van der Waals surface area contributed by atoms with Gasteiger partial charge in [-0.1, -0.05) is 76.6 Å². The predicted molar refractivity (Wildman–Crippen MR) is 135 cm³/mol. The van der Waals surface area contributed by atoms with Gasteiger partial charge in [-0.3, -0.25) is 0 Å². The number of nitriles is 2. The molecule has 0 radical (unpaired) electrons. The summed E-state index contributed by atoms with van der Waals surface area (Å²) in [6.45, 7) is 5.19. The smallest absolute Gasteiger partial charge is 0.119 e. The van der Waals surface area contributed by atoms with Crippen molar-refractivity contribution in [3.05, 3.63) is 53.1 Å². The minimum Gasteiger partial charge on any atom is -0.494 e. The van der Waals surface area contributed by atoms with Crippen LogP contribution in [0, 0.1) is 28.6 Å². The maximum absolute atomic E-state index is 9.98. The number of hydrogen-bond donors (Lipinski definition) is 0. The van der Waals surface area contributed by atoms with Crippen molar-refractivity contribution in [2.24, 2.45) is 5.92 Å². The van der Waals surface area contributed by atoms with E-state index in [-0.39, 0.29) is 0 Å². The van der Waals surface area contributed by atoms with Crippen molar-refractivity contribution in [2.75, 3.05) is 6.61 Å². The molecule has 3 heteroatoms. The third-order valence-electron chi connectivity index (χ3n) is 7.15. The Morgan fingerprint density at radius 2 is 1.48 bits per heavy atom. The fourth-order valence-corrected chi connectivity index (χ4v) is 5.14. The van der Waals surface area contributed by atoms with E-state index in [1.54, 1.807) is 0 Å². The Balaban J connectivity index is 1.73. The van der Waals surface area contributed by atoms with Gasteiger partial charge in [0.2, 0.25) is 0 Å². The van der Waals surface area contributed by atoms with Gasteiger partial charge in [-0.25, -0.2) is 0 Å². The van der Waals surface area contributed by atoms with Crippen LogP contribution in [0.25, 0.3) is 11.1 Å². The highest BCUT2D eigenvalue weighted by molar-refractivity contribution is 5.75. The minimum atomic E-state index is 0.391. The quantitative estimate of drug-likeness (QED) is 0.328. The van der Waals surface area contributed by atoms with Gasteiger partial charge in [-0.2, -0.15) is 10.5 Å². The maximum atomic E-state index is 9.98. The zero-order valence-corrected chi connectivity index (χ0v) is 20.4. The molecule has 33 heavy (non-hydrogen) atoms. The Hall–Kier alpha value is -2.78. The first-order valence-electron chi connectivity index (χ1n) is 12.9. The van der Waals surface area contributed by atoms with Gasteiger partial charge in [-0.15, -0.1) is 0 Å². The van der Waals surface area contributed by atoms with Crippen LogP contribution in [-0.4, -0.2) is 6.61 Å². The Bertz CT molecular complexity index is 957. The molecule has 0 heterocycles. The van der Waals surface area contributed by atoms with E-state index in [2.05, 4.69) is 32.1 Å². The molecule has 0 atom stereocenters. The summed E-state index contributed by atoms with van der Waals surface area (Å²) < 4.78 is 5.86. The Labute approximate surface area is 200 Å². The second-order valence-corrected chi connectivity index (χ2v) is 9.47. The molecule has 1 fully saturated rings. The summed E-state index contributed by atoms with van der Waals surface area (Å²) in [7, 11) is 0. The molecule has 3 rings (SSSR count). The first-order chi connectivity index (χ1) is 16.2. The third-order valence-corrected chi connectivity index (χ3v) is 7.15. The molecule has 0 aromatic heterocycles. The van der Waals surface area contributed by atoms with E-state index in [9.17, 15) is 10.5 Å². The van der Waals surface area contributed by atoms with Crippen LogP contribution in [0.15, 0.2) is 36.4 Å². The number of ether oxygens (including phenoxy) is 1. The molecule has 0 N–H and O–H groups in total. The zero-order chi connectivity index (χ0) is 23.5. The van der Waals surface area contributed by atoms with Gasteiger partial charge < -0.3 is 4.74 Å². The highest BCUT2D eigenvalue weighted by Crippen LogP contribution is 2.41. The average molecular weight is 443 g/mol. The van der Waals surface area contributed by atoms with Crippen LogP contribution >= 0.6 is 0 Å². The molecule has 0 amide bonds. The van der Waals surface area contributed by atoms with Gasteiger partial charge in [-0.05, 0) is 67.2 Å². The Kier molecular flexibility index (Phi) is 9.83. The van der Waals surface area contributed by atoms with E-state index >= 15 is 0 Å². The first-order valence-corrected chi connectivity index (χ1v) is 12.9. The van der Waals surface area contributed by atoms with Crippen molar-refractivity contribution in [3.8, 4) is 29.0 Å². The molecule has 0 bridgehead atoms. The number of nitrogens with zero attached hydrogens (tertiary/aromatic N) is 2. The predicted octanol–water partition coefficient (Wildman–Crippen LogP) is 8.52. The van der Waals surface area contributed by atoms with Crippen LogP contribution < -0.4 is 4.74 Å². The van der Waals surface area contributed by atoms with Gasteiger partial charge in [0.25, 0.3) is 0 Å². The van der Waals surface area contributed by atoms with E-state index in [1.165, 1.54) is 51.4 Å². The summed E-state index contributed by atoms with van der Waals surface area (Å²) in [5, 5.41) is 20.0. The van der Waals surface area contributed by atoms with Crippen molar-refractivity contribution < 1.29 is 4.74 Å². The Morgan fingerprint density at radius 3 is 2.12 bits per heavy atom. The summed E-state index contributed by atoms with van der Waals surface area (Å²) in [6, 6.07) is 16.8. The van der Waals surface area contributed by atoms with Crippen molar-refractivity contribution in [3.63, 3.8) is 0 Å². The number of hydrogen-bond acceptors (Lipinski definition) is 3. The van der Waals surface area contributed by atoms with Crippen LogP contribution in [0.5, 0.6) is 5.75 Å². The normalized spacial score (nSPS) is 17.8. The second-order valence-electron chi connectivity index (χ2n) is 9.47. The van der Waals surface area contributed by atoms with Gasteiger partial charge >= 0.3 is 0 Å². The number of rotatable bonds is 11. The van der Waals surface area contributed by atoms with Crippen molar-refractivity contribution >= 4 is 0 Å². The molecule has 1 aliphatic rings. The van der Waals surface area contributed by atoms with Gasteiger partial charge in [0.05, 0.1) is 17.7 Å². The molecule has 1 saturated carbocycles. The minimum absolute atomic E-state index is 0.391. The largest absolute Gasteiger partial charge is 0.494 e. The third kappa shape index (κ3) is 6.61. The molecular weight excluding hydrogens is 404 g/mol. The average Bonchev–Trinajstić information content (AvgIpc) is 2.87. The molecule has 0 saturated heterocycles. The summed E-state index contributed by atoms with van der Waals surface area (Å²) in [5.41, 5.74) is 3.94. The van der Waals surface area contributed by atoms with E-state index < -0.39 is 0 Å². The first kappa shape index (κ1) is 24.9. The van der Waals surface area contributed by atoms with Crippen molar-refractivity contribution in [1.82, 2.24) is 0 Å². The molecule has 0 aliphatic heterocycles. The van der Waals surface area contributed by atoms with E-state index in [0.717, 1.165) is 54.2 Å². The summed E-state index contributed by atoms with van der Waals surface area (Å²) in [4.78, 5) is 0. The molecular formula is C30H38N2O. The van der Waals surface area contributed by atoms with Crippen molar-refractivity contribution in [1.29, 1.82) is 10.5 Å². The monoisotopic (exact) mass is 442 g/mol. The van der Waals surface area contributed by atoms with Gasteiger partial charge in [0.15, 0.2) is 0 Å².